The van der Waals surface area contributed by atoms with Crippen LogP contribution in [-0.2, 0) is 0 Å². The summed E-state index contributed by atoms with van der Waals surface area (Å²) in [6, 6.07) is 2.93. The molecular weight excluding hydrogens is 246 g/mol. The van der Waals surface area contributed by atoms with Gasteiger partial charge in [0.2, 0.25) is 11.7 Å². The Morgan fingerprint density at radius 2 is 2.16 bits per heavy atom. The third kappa shape index (κ3) is 3.56. The van der Waals surface area contributed by atoms with Crippen LogP contribution in [0.15, 0.2) is 12.1 Å². The molecule has 0 spiro atoms. The number of hydrogen-bond acceptors (Lipinski definition) is 5. The molecule has 1 saturated carbocycles. The zero-order valence-electron chi connectivity index (χ0n) is 11.1. The van der Waals surface area contributed by atoms with Gasteiger partial charge in [-0.1, -0.05) is 19.3 Å². The van der Waals surface area contributed by atoms with Gasteiger partial charge in [-0.05, 0) is 18.8 Å². The lowest BCUT2D eigenvalue weighted by Gasteiger charge is -2.21. The van der Waals surface area contributed by atoms with E-state index < -0.39 is 4.92 Å². The summed E-state index contributed by atoms with van der Waals surface area (Å²) in [6.07, 6.45) is 6.17. The van der Waals surface area contributed by atoms with Crippen LogP contribution in [0.1, 0.15) is 32.1 Å². The van der Waals surface area contributed by atoms with Crippen molar-refractivity contribution < 1.29 is 9.66 Å². The van der Waals surface area contributed by atoms with E-state index in [1.165, 1.54) is 51.3 Å². The average molecular weight is 265 g/mol. The lowest BCUT2D eigenvalue weighted by Crippen LogP contribution is -2.18. The van der Waals surface area contributed by atoms with E-state index in [0.717, 1.165) is 6.54 Å². The fourth-order valence-corrected chi connectivity index (χ4v) is 2.46. The molecule has 0 bridgehead atoms. The summed E-state index contributed by atoms with van der Waals surface area (Å²) < 4.78 is 5.01. The highest BCUT2D eigenvalue weighted by Gasteiger charge is 2.19. The fraction of sp³-hybridized carbons (Fsp3) is 0.615. The van der Waals surface area contributed by atoms with Crippen molar-refractivity contribution in [3.8, 4) is 5.88 Å². The number of nitro groups is 1. The molecular formula is C13H19N3O3. The van der Waals surface area contributed by atoms with Crippen molar-refractivity contribution >= 4 is 11.5 Å². The summed E-state index contributed by atoms with van der Waals surface area (Å²) in [7, 11) is 1.50. The third-order valence-corrected chi connectivity index (χ3v) is 3.54. The molecule has 104 valence electrons. The summed E-state index contributed by atoms with van der Waals surface area (Å²) in [5.41, 5.74) is -0.00314. The van der Waals surface area contributed by atoms with Gasteiger partial charge in [0.05, 0.1) is 12.0 Å². The molecule has 1 fully saturated rings. The predicted octanol–water partition coefficient (Wildman–Crippen LogP) is 2.99. The van der Waals surface area contributed by atoms with Gasteiger partial charge in [-0.15, -0.1) is 0 Å². The van der Waals surface area contributed by atoms with Crippen LogP contribution in [0, 0.1) is 16.0 Å². The van der Waals surface area contributed by atoms with E-state index in [0.29, 0.717) is 17.6 Å². The van der Waals surface area contributed by atoms with Gasteiger partial charge >= 0.3 is 5.69 Å². The maximum atomic E-state index is 11.0. The van der Waals surface area contributed by atoms with Crippen LogP contribution in [0.3, 0.4) is 0 Å². The highest BCUT2D eigenvalue weighted by atomic mass is 16.6. The molecule has 1 aliphatic carbocycles. The first-order valence-corrected chi connectivity index (χ1v) is 6.64. The number of nitrogens with zero attached hydrogens (tertiary/aromatic N) is 2. The largest absolute Gasteiger partial charge is 0.481 e. The van der Waals surface area contributed by atoms with Gasteiger partial charge in [-0.3, -0.25) is 10.1 Å². The van der Waals surface area contributed by atoms with Crippen molar-refractivity contribution in [1.82, 2.24) is 4.98 Å². The molecule has 1 N–H and O–H groups in total. The molecule has 6 heteroatoms. The SMILES string of the molecule is COc1ccc([N+](=O)[O-])c(NCC2CCCCC2)n1. The summed E-state index contributed by atoms with van der Waals surface area (Å²) in [4.78, 5) is 14.7. The molecule has 1 aromatic heterocycles. The van der Waals surface area contributed by atoms with E-state index in [1.54, 1.807) is 0 Å². The van der Waals surface area contributed by atoms with Crippen molar-refractivity contribution in [2.75, 3.05) is 19.0 Å². The van der Waals surface area contributed by atoms with Gasteiger partial charge in [-0.2, -0.15) is 4.98 Å². The van der Waals surface area contributed by atoms with Crippen molar-refractivity contribution in [2.24, 2.45) is 5.92 Å². The summed E-state index contributed by atoms with van der Waals surface area (Å²) in [6.45, 7) is 0.737. The molecule has 1 aliphatic rings. The standard InChI is InChI=1S/C13H19N3O3/c1-19-12-8-7-11(16(17)18)13(15-12)14-9-10-5-3-2-4-6-10/h7-8,10H,2-6,9H2,1H3,(H,14,15). The Morgan fingerprint density at radius 1 is 1.42 bits per heavy atom. The second kappa shape index (κ2) is 6.36. The van der Waals surface area contributed by atoms with E-state index in [9.17, 15) is 10.1 Å². The van der Waals surface area contributed by atoms with Gasteiger partial charge < -0.3 is 10.1 Å². The minimum Gasteiger partial charge on any atom is -0.481 e. The van der Waals surface area contributed by atoms with Crippen LogP contribution >= 0.6 is 0 Å². The zero-order valence-corrected chi connectivity index (χ0v) is 11.1. The zero-order chi connectivity index (χ0) is 13.7. The first-order valence-electron chi connectivity index (χ1n) is 6.64. The van der Waals surface area contributed by atoms with Crippen LogP contribution in [0.2, 0.25) is 0 Å². The van der Waals surface area contributed by atoms with Crippen LogP contribution in [-0.4, -0.2) is 23.6 Å². The molecule has 0 amide bonds. The number of nitrogens with one attached hydrogen (secondary N) is 1. The second-order valence-electron chi connectivity index (χ2n) is 4.86. The van der Waals surface area contributed by atoms with Gasteiger partial charge in [0.15, 0.2) is 0 Å². The van der Waals surface area contributed by atoms with Crippen molar-refractivity contribution in [2.45, 2.75) is 32.1 Å². The molecule has 1 heterocycles. The number of hydrogen-bond donors (Lipinski definition) is 1. The van der Waals surface area contributed by atoms with E-state index in [1.807, 2.05) is 0 Å². The summed E-state index contributed by atoms with van der Waals surface area (Å²) in [5, 5.41) is 14.1. The van der Waals surface area contributed by atoms with Crippen molar-refractivity contribution in [3.05, 3.63) is 22.2 Å². The lowest BCUT2D eigenvalue weighted by atomic mass is 9.89. The average Bonchev–Trinajstić information content (AvgIpc) is 2.45. The Hall–Kier alpha value is -1.85. The molecule has 2 rings (SSSR count). The number of pyridine rings is 1. The summed E-state index contributed by atoms with van der Waals surface area (Å²) in [5.74, 6) is 1.27. The molecule has 0 aliphatic heterocycles. The molecule has 19 heavy (non-hydrogen) atoms. The predicted molar refractivity (Wildman–Crippen MR) is 72.5 cm³/mol. The number of ether oxygens (including phenoxy) is 1. The van der Waals surface area contributed by atoms with Crippen LogP contribution < -0.4 is 10.1 Å². The minimum atomic E-state index is -0.421. The van der Waals surface area contributed by atoms with Crippen LogP contribution in [0.25, 0.3) is 0 Å². The molecule has 0 unspecified atom stereocenters. The highest BCUT2D eigenvalue weighted by Crippen LogP contribution is 2.27. The van der Waals surface area contributed by atoms with Gasteiger partial charge in [0, 0.05) is 18.7 Å². The molecule has 1 aromatic rings. The highest BCUT2D eigenvalue weighted by molar-refractivity contribution is 5.57. The number of methoxy groups -OCH3 is 1. The minimum absolute atomic E-state index is 0.00314. The number of anilines is 1. The van der Waals surface area contributed by atoms with E-state index in [2.05, 4.69) is 10.3 Å². The topological polar surface area (TPSA) is 77.3 Å². The molecule has 0 saturated heterocycles. The Balaban J connectivity index is 2.06. The third-order valence-electron chi connectivity index (χ3n) is 3.54. The van der Waals surface area contributed by atoms with Gasteiger partial charge in [0.1, 0.15) is 0 Å². The smallest absolute Gasteiger partial charge is 0.311 e. The summed E-state index contributed by atoms with van der Waals surface area (Å²) >= 11 is 0. The maximum absolute atomic E-state index is 11.0. The molecule has 0 radical (unpaired) electrons. The molecule has 6 nitrogen and oxygen atoms in total. The van der Waals surface area contributed by atoms with E-state index in [-0.39, 0.29) is 5.69 Å². The molecule has 0 atom stereocenters. The quantitative estimate of drug-likeness (QED) is 0.654. The lowest BCUT2D eigenvalue weighted by molar-refractivity contribution is -0.384. The van der Waals surface area contributed by atoms with E-state index in [4.69, 9.17) is 4.74 Å². The fourth-order valence-electron chi connectivity index (χ4n) is 2.46. The normalized spacial score (nSPS) is 16.1. The number of aromatic nitrogens is 1. The maximum Gasteiger partial charge on any atom is 0.311 e. The Bertz CT molecular complexity index is 445. The second-order valence-corrected chi connectivity index (χ2v) is 4.86. The number of rotatable bonds is 5. The van der Waals surface area contributed by atoms with Crippen LogP contribution in [0.5, 0.6) is 5.88 Å². The van der Waals surface area contributed by atoms with Crippen molar-refractivity contribution in [1.29, 1.82) is 0 Å². The van der Waals surface area contributed by atoms with Gasteiger partial charge in [-0.25, -0.2) is 0 Å². The van der Waals surface area contributed by atoms with Crippen LogP contribution in [0.4, 0.5) is 11.5 Å². The Labute approximate surface area is 112 Å². The first kappa shape index (κ1) is 13.6. The van der Waals surface area contributed by atoms with Crippen molar-refractivity contribution in [3.63, 3.8) is 0 Å². The Kier molecular flexibility index (Phi) is 4.54. The van der Waals surface area contributed by atoms with E-state index >= 15 is 0 Å². The monoisotopic (exact) mass is 265 g/mol. The first-order chi connectivity index (χ1) is 9.20. The molecule has 0 aromatic carbocycles. The Morgan fingerprint density at radius 3 is 2.79 bits per heavy atom. The van der Waals surface area contributed by atoms with Gasteiger partial charge in [0.25, 0.3) is 0 Å².